The van der Waals surface area contributed by atoms with Gasteiger partial charge in [-0.2, -0.15) is 0 Å². The van der Waals surface area contributed by atoms with Crippen molar-refractivity contribution in [3.8, 4) is 0 Å². The Labute approximate surface area is 358 Å². The molecule has 332 valence electrons. The van der Waals surface area contributed by atoms with Crippen LogP contribution in [0.15, 0.2) is 64.6 Å². The number of amides is 5. The number of hydrogen-bond acceptors (Lipinski definition) is 10. The molecule has 2 aliphatic rings. The third kappa shape index (κ3) is 16.4. The average molecular weight is 847 g/mol. The van der Waals surface area contributed by atoms with Crippen LogP contribution in [0.3, 0.4) is 0 Å². The Hall–Kier alpha value is -6.13. The van der Waals surface area contributed by atoms with Crippen LogP contribution in [0, 0.1) is 0 Å². The van der Waals surface area contributed by atoms with Gasteiger partial charge in [-0.1, -0.05) is 18.2 Å². The quantitative estimate of drug-likeness (QED) is 0.154. The van der Waals surface area contributed by atoms with Crippen LogP contribution in [0.4, 0.5) is 30.6 Å². The molecule has 17 nitrogen and oxygen atoms in total. The molecular weight excluding hydrogens is 785 g/mol. The number of alkyl carbamates (subject to hydrolysis) is 2. The highest BCUT2D eigenvalue weighted by molar-refractivity contribution is 6.04. The van der Waals surface area contributed by atoms with E-state index in [1.165, 1.54) is 0 Å². The van der Waals surface area contributed by atoms with Crippen LogP contribution in [0.1, 0.15) is 105 Å². The fourth-order valence-corrected chi connectivity index (χ4v) is 5.98. The average Bonchev–Trinajstić information content (AvgIpc) is 3.12. The number of rotatable bonds is 4. The van der Waals surface area contributed by atoms with E-state index < -0.39 is 46.8 Å². The number of nitrogens with zero attached hydrogens (tertiary/aromatic N) is 5. The monoisotopic (exact) mass is 846 g/mol. The molecule has 0 spiro atoms. The number of carbonyl (C=O) groups excluding carboxylic acids is 5. The van der Waals surface area contributed by atoms with Crippen LogP contribution in [-0.4, -0.2) is 114 Å². The highest BCUT2D eigenvalue weighted by atomic mass is 16.6. The van der Waals surface area contributed by atoms with E-state index in [0.29, 0.717) is 56.9 Å². The Balaban J connectivity index is 1.34. The molecule has 0 atom stereocenters. The summed E-state index contributed by atoms with van der Waals surface area (Å²) in [4.78, 5) is 77.4. The summed E-state index contributed by atoms with van der Waals surface area (Å²) in [5.74, 6) is -0.171. The number of aliphatic imine (C=N–C) groups is 2. The summed E-state index contributed by atoms with van der Waals surface area (Å²) in [5.41, 5.74) is 1.03. The second-order valence-corrected chi connectivity index (χ2v) is 18.6. The van der Waals surface area contributed by atoms with Crippen LogP contribution < -0.4 is 20.9 Å². The predicted molar refractivity (Wildman–Crippen MR) is 235 cm³/mol. The number of hydrogen-bond donors (Lipinski definition) is 3. The first-order chi connectivity index (χ1) is 28.2. The molecule has 0 aliphatic carbocycles. The van der Waals surface area contributed by atoms with E-state index in [1.54, 1.807) is 105 Å². The van der Waals surface area contributed by atoms with Crippen LogP contribution in [-0.2, 0) is 18.9 Å². The third-order valence-corrected chi connectivity index (χ3v) is 8.50. The van der Waals surface area contributed by atoms with Gasteiger partial charge in [-0.15, -0.1) is 9.98 Å². The molecule has 0 aromatic heterocycles. The molecule has 5 amide bonds. The van der Waals surface area contributed by atoms with Crippen molar-refractivity contribution >= 4 is 59.1 Å². The lowest BCUT2D eigenvalue weighted by Gasteiger charge is -2.37. The summed E-state index contributed by atoms with van der Waals surface area (Å²) in [6.07, 6.45) is -0.545. The molecule has 0 saturated carbocycles. The van der Waals surface area contributed by atoms with Crippen molar-refractivity contribution in [3.05, 3.63) is 65.7 Å². The van der Waals surface area contributed by atoms with Gasteiger partial charge < -0.3 is 39.0 Å². The van der Waals surface area contributed by atoms with E-state index in [1.807, 2.05) is 42.5 Å². The van der Waals surface area contributed by atoms with Gasteiger partial charge in [0.2, 0.25) is 11.9 Å². The van der Waals surface area contributed by atoms with Gasteiger partial charge in [0.15, 0.2) is 0 Å². The van der Waals surface area contributed by atoms with Crippen molar-refractivity contribution in [1.82, 2.24) is 20.4 Å². The van der Waals surface area contributed by atoms with Crippen LogP contribution in [0.25, 0.3) is 5.57 Å². The highest BCUT2D eigenvalue weighted by Gasteiger charge is 2.28. The summed E-state index contributed by atoms with van der Waals surface area (Å²) in [7, 11) is 0. The zero-order valence-corrected chi connectivity index (χ0v) is 37.6. The number of anilines is 2. The zero-order valence-electron chi connectivity index (χ0n) is 37.6. The first-order valence-corrected chi connectivity index (χ1v) is 20.3. The highest BCUT2D eigenvalue weighted by Crippen LogP contribution is 2.25. The molecule has 2 aromatic rings. The topological polar surface area (TPSA) is 193 Å². The Morgan fingerprint density at radius 3 is 1.44 bits per heavy atom. The first kappa shape index (κ1) is 47.5. The largest absolute Gasteiger partial charge is 0.444 e. The molecule has 3 N–H and O–H groups in total. The summed E-state index contributed by atoms with van der Waals surface area (Å²) in [5, 5.41) is 8.18. The van der Waals surface area contributed by atoms with Crippen molar-refractivity contribution in [3.63, 3.8) is 0 Å². The van der Waals surface area contributed by atoms with Crippen LogP contribution in [0.2, 0.25) is 0 Å². The van der Waals surface area contributed by atoms with Gasteiger partial charge >= 0.3 is 24.4 Å². The van der Waals surface area contributed by atoms with Crippen molar-refractivity contribution in [2.75, 3.05) is 49.5 Å². The summed E-state index contributed by atoms with van der Waals surface area (Å²) >= 11 is 0. The Morgan fingerprint density at radius 1 is 0.557 bits per heavy atom. The molecule has 4 rings (SSSR count). The fraction of sp³-hybridized carbons (Fsp3) is 0.523. The molecule has 2 heterocycles. The lowest BCUT2D eigenvalue weighted by Crippen LogP contribution is -2.54. The Bertz CT molecular complexity index is 1990. The van der Waals surface area contributed by atoms with E-state index in [4.69, 9.17) is 18.9 Å². The first-order valence-electron chi connectivity index (χ1n) is 20.3. The second kappa shape index (κ2) is 19.5. The fourth-order valence-electron chi connectivity index (χ4n) is 5.98. The van der Waals surface area contributed by atoms with Crippen molar-refractivity contribution in [2.24, 2.45) is 9.98 Å². The van der Waals surface area contributed by atoms with E-state index in [2.05, 4.69) is 30.8 Å². The lowest BCUT2D eigenvalue weighted by atomic mass is 9.98. The lowest BCUT2D eigenvalue weighted by molar-refractivity contribution is 0.0536. The maximum atomic E-state index is 13.2. The molecule has 2 aliphatic heterocycles. The number of nitrogens with one attached hydrogen (secondary N) is 3. The number of benzene rings is 2. The van der Waals surface area contributed by atoms with Gasteiger partial charge in [-0.3, -0.25) is 15.4 Å². The van der Waals surface area contributed by atoms with Crippen molar-refractivity contribution < 1.29 is 42.9 Å². The summed E-state index contributed by atoms with van der Waals surface area (Å²) in [6.45, 7) is 23.7. The van der Waals surface area contributed by atoms with Gasteiger partial charge in [0.1, 0.15) is 22.4 Å². The van der Waals surface area contributed by atoms with Gasteiger partial charge in [0.25, 0.3) is 5.91 Å². The minimum absolute atomic E-state index is 0.0341. The standard InChI is InChI=1S/C44H62N8O9/c1-41(2,3)58-37(54)46-35(47-38(55)59-42(4,5)6)51-23-21-30(22-24-51)29-13-15-31(16-14-29)34(53)45-32-17-19-33(20-18-32)50-25-27-52(28-26-50)36(48-39(56)60-43(7,8)9)49-40(57)61-44(10,11)12/h13-21H,22-28H2,1-12H3,(H,45,53)(H,46,47,54,55)(H,48,49,56,57). The number of piperazine rings is 1. The third-order valence-electron chi connectivity index (χ3n) is 8.50. The molecule has 1 fully saturated rings. The molecule has 0 bridgehead atoms. The van der Waals surface area contributed by atoms with Crippen LogP contribution in [0.5, 0.6) is 0 Å². The number of carbonyl (C=O) groups is 5. The normalized spacial score (nSPS) is 15.6. The number of guanidine groups is 2. The minimum atomic E-state index is -0.830. The van der Waals surface area contributed by atoms with E-state index in [9.17, 15) is 24.0 Å². The minimum Gasteiger partial charge on any atom is -0.444 e. The zero-order chi connectivity index (χ0) is 45.3. The van der Waals surface area contributed by atoms with E-state index in [-0.39, 0.29) is 17.8 Å². The molecular formula is C44H62N8O9. The van der Waals surface area contributed by atoms with Crippen molar-refractivity contribution in [1.29, 1.82) is 0 Å². The molecule has 61 heavy (non-hydrogen) atoms. The molecule has 0 radical (unpaired) electrons. The second-order valence-electron chi connectivity index (χ2n) is 18.6. The van der Waals surface area contributed by atoms with E-state index >= 15 is 0 Å². The maximum absolute atomic E-state index is 13.2. The predicted octanol–water partition coefficient (Wildman–Crippen LogP) is 7.78. The molecule has 2 aromatic carbocycles. The van der Waals surface area contributed by atoms with Gasteiger partial charge in [-0.25, -0.2) is 19.2 Å². The summed E-state index contributed by atoms with van der Waals surface area (Å²) in [6, 6.07) is 14.8. The van der Waals surface area contributed by atoms with Gasteiger partial charge in [0, 0.05) is 56.2 Å². The van der Waals surface area contributed by atoms with E-state index in [0.717, 1.165) is 16.8 Å². The van der Waals surface area contributed by atoms with Gasteiger partial charge in [0.05, 0.1) is 0 Å². The Morgan fingerprint density at radius 2 is 1.02 bits per heavy atom. The molecule has 1 saturated heterocycles. The number of ether oxygens (including phenoxy) is 4. The van der Waals surface area contributed by atoms with Crippen LogP contribution >= 0.6 is 0 Å². The SMILES string of the molecule is CC(C)(C)OC(=O)N=C(NC(=O)OC(C)(C)C)N1CC=C(c2ccc(C(=O)Nc3ccc(N4CCN(C(=NC(=O)OC(C)(C)C)NC(=O)OC(C)(C)C)CC4)cc3)cc2)CC1. The maximum Gasteiger partial charge on any atom is 0.437 e. The molecule has 0 unspecified atom stereocenters. The molecule has 17 heteroatoms. The van der Waals surface area contributed by atoms with Gasteiger partial charge in [-0.05, 0) is 137 Å². The summed E-state index contributed by atoms with van der Waals surface area (Å²) < 4.78 is 21.5. The smallest absolute Gasteiger partial charge is 0.437 e. The van der Waals surface area contributed by atoms with Crippen molar-refractivity contribution in [2.45, 2.75) is 112 Å². The Kier molecular flexibility index (Phi) is 15.2.